The molecule has 2 aromatic heterocycles. The number of hydrogen-bond donors (Lipinski definition) is 2. The minimum absolute atomic E-state index is 0.140. The van der Waals surface area contributed by atoms with Crippen LogP contribution in [0.4, 0.5) is 0 Å². The number of carbonyl (C=O) groups excluding carboxylic acids is 1. The molecule has 3 aromatic rings. The molecule has 3 rings (SSSR count). The molecule has 0 radical (unpaired) electrons. The van der Waals surface area contributed by atoms with Crippen molar-refractivity contribution in [2.45, 2.75) is 26.8 Å². The number of fused-ring (bicyclic) bond motifs is 1. The van der Waals surface area contributed by atoms with E-state index in [1.54, 1.807) is 18.5 Å². The highest BCUT2D eigenvalue weighted by Crippen LogP contribution is 2.21. The fourth-order valence-electron chi connectivity index (χ4n) is 2.54. The summed E-state index contributed by atoms with van der Waals surface area (Å²) < 4.78 is 5.14. The molecule has 6 nitrogen and oxygen atoms in total. The maximum atomic E-state index is 12.3. The van der Waals surface area contributed by atoms with Gasteiger partial charge in [0.25, 0.3) is 5.91 Å². The molecule has 0 aliphatic carbocycles. The summed E-state index contributed by atoms with van der Waals surface area (Å²) in [4.78, 5) is 19.5. The van der Waals surface area contributed by atoms with E-state index in [1.807, 2.05) is 26.8 Å². The molecular formula is C15H16N4O2. The SMILES string of the molecule is Cc1noc(C)c1C(C)NC(=O)c1ccc2nc[nH]c2c1. The van der Waals surface area contributed by atoms with Crippen LogP contribution in [0, 0.1) is 13.8 Å². The van der Waals surface area contributed by atoms with Crippen molar-refractivity contribution < 1.29 is 9.32 Å². The predicted molar refractivity (Wildman–Crippen MR) is 78.0 cm³/mol. The average Bonchev–Trinajstić information content (AvgIpc) is 3.04. The molecule has 0 aliphatic heterocycles. The van der Waals surface area contributed by atoms with Crippen molar-refractivity contribution in [3.8, 4) is 0 Å². The first kappa shape index (κ1) is 13.4. The monoisotopic (exact) mass is 284 g/mol. The van der Waals surface area contributed by atoms with E-state index < -0.39 is 0 Å². The van der Waals surface area contributed by atoms with Crippen LogP contribution in [0.15, 0.2) is 29.0 Å². The molecule has 0 saturated heterocycles. The second kappa shape index (κ2) is 5.05. The van der Waals surface area contributed by atoms with Gasteiger partial charge in [-0.25, -0.2) is 4.98 Å². The van der Waals surface area contributed by atoms with Crippen molar-refractivity contribution in [1.29, 1.82) is 0 Å². The zero-order chi connectivity index (χ0) is 15.0. The molecule has 2 heterocycles. The van der Waals surface area contributed by atoms with Gasteiger partial charge in [-0.2, -0.15) is 0 Å². The Morgan fingerprint density at radius 2 is 2.19 bits per heavy atom. The fourth-order valence-corrected chi connectivity index (χ4v) is 2.54. The zero-order valence-corrected chi connectivity index (χ0v) is 12.1. The van der Waals surface area contributed by atoms with Crippen LogP contribution in [-0.4, -0.2) is 21.0 Å². The molecule has 0 fully saturated rings. The third-order valence-corrected chi connectivity index (χ3v) is 3.55. The van der Waals surface area contributed by atoms with Gasteiger partial charge in [0.2, 0.25) is 0 Å². The van der Waals surface area contributed by atoms with Crippen LogP contribution < -0.4 is 5.32 Å². The number of amides is 1. The first-order valence-electron chi connectivity index (χ1n) is 6.73. The molecule has 1 amide bonds. The lowest BCUT2D eigenvalue weighted by atomic mass is 10.1. The fraction of sp³-hybridized carbons (Fsp3) is 0.267. The summed E-state index contributed by atoms with van der Waals surface area (Å²) in [5, 5.41) is 6.88. The van der Waals surface area contributed by atoms with Crippen molar-refractivity contribution in [1.82, 2.24) is 20.4 Å². The van der Waals surface area contributed by atoms with Gasteiger partial charge in [-0.15, -0.1) is 0 Å². The van der Waals surface area contributed by atoms with Crippen molar-refractivity contribution in [3.05, 3.63) is 47.1 Å². The normalized spacial score (nSPS) is 12.5. The molecule has 0 bridgehead atoms. The third kappa shape index (κ3) is 2.40. The maximum Gasteiger partial charge on any atom is 0.251 e. The molecule has 21 heavy (non-hydrogen) atoms. The first-order valence-corrected chi connectivity index (χ1v) is 6.73. The van der Waals surface area contributed by atoms with Crippen molar-refractivity contribution in [3.63, 3.8) is 0 Å². The lowest BCUT2D eigenvalue weighted by molar-refractivity contribution is 0.0940. The Hall–Kier alpha value is -2.63. The Bertz CT molecular complexity index is 783. The molecule has 0 aliphatic rings. The van der Waals surface area contributed by atoms with E-state index in [2.05, 4.69) is 20.4 Å². The summed E-state index contributed by atoms with van der Waals surface area (Å²) in [5.74, 6) is 0.586. The quantitative estimate of drug-likeness (QED) is 0.774. The summed E-state index contributed by atoms with van der Waals surface area (Å²) in [6, 6.07) is 5.21. The van der Waals surface area contributed by atoms with Crippen molar-refractivity contribution >= 4 is 16.9 Å². The van der Waals surface area contributed by atoms with Crippen LogP contribution in [0.3, 0.4) is 0 Å². The molecule has 2 N–H and O–H groups in total. The van der Waals surface area contributed by atoms with E-state index in [-0.39, 0.29) is 11.9 Å². The van der Waals surface area contributed by atoms with Crippen molar-refractivity contribution in [2.24, 2.45) is 0 Å². The smallest absolute Gasteiger partial charge is 0.251 e. The number of rotatable bonds is 3. The number of nitrogens with one attached hydrogen (secondary N) is 2. The molecule has 0 saturated carbocycles. The summed E-state index contributed by atoms with van der Waals surface area (Å²) in [5.41, 5.74) is 3.98. The van der Waals surface area contributed by atoms with Gasteiger partial charge in [0, 0.05) is 11.1 Å². The molecule has 1 atom stereocenters. The van der Waals surface area contributed by atoms with E-state index in [0.717, 1.165) is 28.1 Å². The molecule has 1 aromatic carbocycles. The highest BCUT2D eigenvalue weighted by molar-refractivity contribution is 5.97. The summed E-state index contributed by atoms with van der Waals surface area (Å²) >= 11 is 0. The Labute approximate surface area is 121 Å². The minimum Gasteiger partial charge on any atom is -0.361 e. The van der Waals surface area contributed by atoms with E-state index >= 15 is 0 Å². The Morgan fingerprint density at radius 1 is 1.38 bits per heavy atom. The maximum absolute atomic E-state index is 12.3. The van der Waals surface area contributed by atoms with E-state index in [1.165, 1.54) is 0 Å². The van der Waals surface area contributed by atoms with E-state index in [4.69, 9.17) is 4.52 Å². The van der Waals surface area contributed by atoms with Gasteiger partial charge in [-0.3, -0.25) is 4.79 Å². The number of nitrogens with zero attached hydrogens (tertiary/aromatic N) is 2. The van der Waals surface area contributed by atoms with Crippen LogP contribution in [0.5, 0.6) is 0 Å². The number of benzene rings is 1. The highest BCUT2D eigenvalue weighted by atomic mass is 16.5. The number of aromatic nitrogens is 3. The first-order chi connectivity index (χ1) is 10.1. The van der Waals surface area contributed by atoms with E-state index in [0.29, 0.717) is 5.56 Å². The predicted octanol–water partition coefficient (Wildman–Crippen LogP) is 2.66. The molecule has 6 heteroatoms. The van der Waals surface area contributed by atoms with Gasteiger partial charge < -0.3 is 14.8 Å². The number of aryl methyl sites for hydroxylation is 2. The summed E-state index contributed by atoms with van der Waals surface area (Å²) in [6.45, 7) is 5.62. The molecular weight excluding hydrogens is 268 g/mol. The molecule has 1 unspecified atom stereocenters. The number of carbonyl (C=O) groups is 1. The molecule has 108 valence electrons. The minimum atomic E-state index is -0.166. The second-order valence-electron chi connectivity index (χ2n) is 5.07. The van der Waals surface area contributed by atoms with Gasteiger partial charge >= 0.3 is 0 Å². The van der Waals surface area contributed by atoms with Crippen LogP contribution >= 0.6 is 0 Å². The Morgan fingerprint density at radius 3 is 2.90 bits per heavy atom. The standard InChI is InChI=1S/C15H16N4O2/c1-8(14-9(2)19-21-10(14)3)18-15(20)11-4-5-12-13(6-11)17-7-16-12/h4-8H,1-3H3,(H,16,17)(H,18,20). The Balaban J connectivity index is 1.82. The lowest BCUT2D eigenvalue weighted by Gasteiger charge is -2.13. The largest absolute Gasteiger partial charge is 0.361 e. The summed E-state index contributed by atoms with van der Waals surface area (Å²) in [7, 11) is 0. The van der Waals surface area contributed by atoms with Gasteiger partial charge in [-0.1, -0.05) is 5.16 Å². The average molecular weight is 284 g/mol. The number of hydrogen-bond acceptors (Lipinski definition) is 4. The van der Waals surface area contributed by atoms with Crippen LogP contribution in [0.1, 0.15) is 40.3 Å². The third-order valence-electron chi connectivity index (χ3n) is 3.55. The second-order valence-corrected chi connectivity index (χ2v) is 5.07. The molecule has 0 spiro atoms. The van der Waals surface area contributed by atoms with Crippen LogP contribution in [-0.2, 0) is 0 Å². The van der Waals surface area contributed by atoms with Gasteiger partial charge in [0.05, 0.1) is 29.1 Å². The lowest BCUT2D eigenvalue weighted by Crippen LogP contribution is -2.27. The number of aromatic amines is 1. The summed E-state index contributed by atoms with van der Waals surface area (Å²) in [6.07, 6.45) is 1.61. The van der Waals surface area contributed by atoms with Crippen LogP contribution in [0.25, 0.3) is 11.0 Å². The van der Waals surface area contributed by atoms with Crippen molar-refractivity contribution in [2.75, 3.05) is 0 Å². The Kier molecular flexibility index (Phi) is 3.21. The van der Waals surface area contributed by atoms with E-state index in [9.17, 15) is 4.79 Å². The zero-order valence-electron chi connectivity index (χ0n) is 12.1. The van der Waals surface area contributed by atoms with Gasteiger partial charge in [0.1, 0.15) is 5.76 Å². The van der Waals surface area contributed by atoms with Gasteiger partial charge in [0.15, 0.2) is 0 Å². The topological polar surface area (TPSA) is 83.8 Å². The number of imidazole rings is 1. The van der Waals surface area contributed by atoms with Gasteiger partial charge in [-0.05, 0) is 39.0 Å². The number of H-pyrrole nitrogens is 1. The highest BCUT2D eigenvalue weighted by Gasteiger charge is 2.19. The van der Waals surface area contributed by atoms with Crippen LogP contribution in [0.2, 0.25) is 0 Å².